The molecule has 1 amide bonds. The molecular weight excluding hydrogens is 362 g/mol. The van der Waals surface area contributed by atoms with Crippen LogP contribution in [0.25, 0.3) is 0 Å². The lowest BCUT2D eigenvalue weighted by atomic mass is 9.74. The summed E-state index contributed by atoms with van der Waals surface area (Å²) in [7, 11) is 0. The lowest BCUT2D eigenvalue weighted by molar-refractivity contribution is -0.157. The van der Waals surface area contributed by atoms with Gasteiger partial charge in [-0.2, -0.15) is 0 Å². The van der Waals surface area contributed by atoms with Crippen molar-refractivity contribution in [2.75, 3.05) is 26.3 Å². The van der Waals surface area contributed by atoms with Crippen LogP contribution in [0.5, 0.6) is 0 Å². The van der Waals surface area contributed by atoms with Gasteiger partial charge in [-0.1, -0.05) is 24.5 Å². The van der Waals surface area contributed by atoms with Gasteiger partial charge in [-0.3, -0.25) is 9.59 Å². The molecule has 0 unspecified atom stereocenters. The number of aryl methyl sites for hydroxylation is 1. The van der Waals surface area contributed by atoms with Gasteiger partial charge in [-0.25, -0.2) is 0 Å². The van der Waals surface area contributed by atoms with Gasteiger partial charge in [-0.05, 0) is 38.3 Å². The Morgan fingerprint density at radius 1 is 1.30 bits per heavy atom. The second-order valence-corrected chi connectivity index (χ2v) is 9.53. The summed E-state index contributed by atoms with van der Waals surface area (Å²) in [4.78, 5) is 28.2. The number of thioether (sulfide) groups is 1. The quantitative estimate of drug-likeness (QED) is 0.852. The molecule has 3 aliphatic rings. The highest BCUT2D eigenvalue weighted by atomic mass is 32.2. The number of likely N-dealkylation sites (tertiary alicyclic amines) is 1. The van der Waals surface area contributed by atoms with E-state index < -0.39 is 11.4 Å². The van der Waals surface area contributed by atoms with Crippen LogP contribution in [0.4, 0.5) is 0 Å². The van der Waals surface area contributed by atoms with Crippen LogP contribution in [0.15, 0.2) is 23.1 Å². The van der Waals surface area contributed by atoms with Gasteiger partial charge in [0.05, 0.1) is 17.6 Å². The fraction of sp³-hybridized carbons (Fsp3) is 0.619. The summed E-state index contributed by atoms with van der Waals surface area (Å²) in [6.07, 6.45) is 5.42. The minimum atomic E-state index is -0.851. The maximum Gasteiger partial charge on any atom is 0.311 e. The van der Waals surface area contributed by atoms with E-state index >= 15 is 0 Å². The van der Waals surface area contributed by atoms with Crippen LogP contribution in [0.2, 0.25) is 0 Å². The van der Waals surface area contributed by atoms with E-state index in [-0.39, 0.29) is 18.4 Å². The highest BCUT2D eigenvalue weighted by molar-refractivity contribution is 8.00. The Hall–Kier alpha value is -1.53. The third kappa shape index (κ3) is 3.49. The van der Waals surface area contributed by atoms with Gasteiger partial charge in [0.25, 0.3) is 5.91 Å². The molecule has 2 atom stereocenters. The number of carbonyl (C=O) groups excluding carboxylic acids is 1. The van der Waals surface area contributed by atoms with Crippen molar-refractivity contribution in [3.63, 3.8) is 0 Å². The zero-order valence-corrected chi connectivity index (χ0v) is 16.6. The van der Waals surface area contributed by atoms with E-state index in [1.165, 1.54) is 25.7 Å². The summed E-state index contributed by atoms with van der Waals surface area (Å²) in [6, 6.07) is 6.08. The minimum absolute atomic E-state index is 0.0331. The molecule has 2 aliphatic heterocycles. The van der Waals surface area contributed by atoms with E-state index in [2.05, 4.69) is 12.1 Å². The van der Waals surface area contributed by atoms with Crippen LogP contribution in [0.3, 0.4) is 0 Å². The maximum atomic E-state index is 13.4. The fourth-order valence-electron chi connectivity index (χ4n) is 4.72. The zero-order chi connectivity index (χ0) is 19.0. The van der Waals surface area contributed by atoms with Crippen LogP contribution in [-0.4, -0.2) is 53.4 Å². The van der Waals surface area contributed by atoms with Crippen molar-refractivity contribution in [3.8, 4) is 0 Å². The van der Waals surface area contributed by atoms with Crippen molar-refractivity contribution >= 4 is 23.6 Å². The second kappa shape index (κ2) is 7.47. The zero-order valence-electron chi connectivity index (χ0n) is 15.8. The maximum absolute atomic E-state index is 13.4. The van der Waals surface area contributed by atoms with Crippen molar-refractivity contribution in [3.05, 3.63) is 29.3 Å². The monoisotopic (exact) mass is 389 g/mol. The molecule has 1 aromatic rings. The van der Waals surface area contributed by atoms with Gasteiger partial charge in [-0.15, -0.1) is 11.8 Å². The third-order valence-corrected chi connectivity index (χ3v) is 7.80. The highest BCUT2D eigenvalue weighted by Gasteiger charge is 2.55. The van der Waals surface area contributed by atoms with Crippen LogP contribution >= 0.6 is 11.8 Å². The van der Waals surface area contributed by atoms with Crippen LogP contribution in [0, 0.1) is 18.3 Å². The third-order valence-electron chi connectivity index (χ3n) is 6.38. The number of rotatable bonds is 4. The van der Waals surface area contributed by atoms with Crippen molar-refractivity contribution in [2.24, 2.45) is 11.3 Å². The Labute approximate surface area is 164 Å². The Kier molecular flexibility index (Phi) is 5.21. The van der Waals surface area contributed by atoms with E-state index in [4.69, 9.17) is 4.74 Å². The fourth-order valence-corrected chi connectivity index (χ4v) is 6.07. The van der Waals surface area contributed by atoms with Gasteiger partial charge in [0.2, 0.25) is 0 Å². The molecule has 2 heterocycles. The number of hydrogen-bond donors (Lipinski definition) is 1. The summed E-state index contributed by atoms with van der Waals surface area (Å²) >= 11 is 1.82. The number of nitrogens with zero attached hydrogens (tertiary/aromatic N) is 1. The molecule has 0 aromatic heterocycles. The number of carbonyl (C=O) groups is 2. The smallest absolute Gasteiger partial charge is 0.311 e. The molecule has 1 aliphatic carbocycles. The first-order valence-corrected chi connectivity index (χ1v) is 10.8. The number of amides is 1. The molecular formula is C21H27NO4S. The number of benzene rings is 1. The Morgan fingerprint density at radius 3 is 2.78 bits per heavy atom. The average molecular weight is 390 g/mol. The average Bonchev–Trinajstić information content (AvgIpc) is 3.30. The summed E-state index contributed by atoms with van der Waals surface area (Å²) < 4.78 is 5.52. The molecule has 1 aromatic carbocycles. The molecule has 3 fully saturated rings. The van der Waals surface area contributed by atoms with E-state index in [1.54, 1.807) is 4.90 Å². The van der Waals surface area contributed by atoms with Crippen molar-refractivity contribution in [2.45, 2.75) is 49.2 Å². The molecule has 0 bridgehead atoms. The lowest BCUT2D eigenvalue weighted by Crippen LogP contribution is -2.45. The van der Waals surface area contributed by atoms with Crippen molar-refractivity contribution < 1.29 is 19.4 Å². The predicted molar refractivity (Wildman–Crippen MR) is 104 cm³/mol. The molecule has 4 rings (SSSR count). The second-order valence-electron chi connectivity index (χ2n) is 8.19. The molecule has 6 heteroatoms. The normalized spacial score (nSPS) is 28.3. The molecule has 27 heavy (non-hydrogen) atoms. The van der Waals surface area contributed by atoms with Crippen LogP contribution < -0.4 is 0 Å². The molecule has 1 saturated carbocycles. The first-order chi connectivity index (χ1) is 13.0. The van der Waals surface area contributed by atoms with Gasteiger partial charge < -0.3 is 14.7 Å². The van der Waals surface area contributed by atoms with E-state index in [0.717, 1.165) is 16.0 Å². The lowest BCUT2D eigenvalue weighted by Gasteiger charge is -2.33. The van der Waals surface area contributed by atoms with Crippen LogP contribution in [-0.2, 0) is 9.53 Å². The molecule has 2 saturated heterocycles. The first kappa shape index (κ1) is 18.8. The molecule has 146 valence electrons. The summed E-state index contributed by atoms with van der Waals surface area (Å²) in [5.74, 6) is -0.950. The molecule has 5 nitrogen and oxygen atoms in total. The van der Waals surface area contributed by atoms with E-state index in [1.807, 2.05) is 24.8 Å². The summed E-state index contributed by atoms with van der Waals surface area (Å²) in [5, 5.41) is 10.4. The van der Waals surface area contributed by atoms with Crippen molar-refractivity contribution in [1.29, 1.82) is 0 Å². The Bertz CT molecular complexity index is 746. The van der Waals surface area contributed by atoms with E-state index in [0.29, 0.717) is 31.4 Å². The number of fused-ring (bicyclic) bond motifs is 1. The van der Waals surface area contributed by atoms with Gasteiger partial charge in [0, 0.05) is 35.8 Å². The number of ether oxygens (including phenoxy) is 1. The Balaban J connectivity index is 1.59. The Morgan fingerprint density at radius 2 is 2.07 bits per heavy atom. The van der Waals surface area contributed by atoms with Gasteiger partial charge >= 0.3 is 5.97 Å². The largest absolute Gasteiger partial charge is 0.481 e. The predicted octanol–water partition coefficient (Wildman–Crippen LogP) is 3.59. The van der Waals surface area contributed by atoms with Crippen molar-refractivity contribution in [1.82, 2.24) is 4.90 Å². The number of carboxylic acid groups (broad SMARTS) is 1. The van der Waals surface area contributed by atoms with Gasteiger partial charge in [0.1, 0.15) is 0 Å². The highest BCUT2D eigenvalue weighted by Crippen LogP contribution is 2.44. The molecule has 0 spiro atoms. The van der Waals surface area contributed by atoms with Crippen LogP contribution in [0.1, 0.15) is 48.0 Å². The standard InChI is InChI=1S/C21H27NO4S/c1-14-6-7-18(27-16-4-2-3-5-16)17(10-14)19(23)22-11-15-12-26-9-8-21(15,13-22)20(24)25/h6-7,10,15-16H,2-5,8-9,11-13H2,1H3,(H,24,25)/t15-,21+/m0/s1. The van der Waals surface area contributed by atoms with Gasteiger partial charge in [0.15, 0.2) is 0 Å². The SMILES string of the molecule is Cc1ccc(SC2CCCC2)c(C(=O)N2C[C@H]3COCC[C@@]3(C(=O)O)C2)c1. The number of aliphatic carboxylic acids is 1. The number of carboxylic acids is 1. The molecule has 0 radical (unpaired) electrons. The summed E-state index contributed by atoms with van der Waals surface area (Å²) in [5.41, 5.74) is 0.935. The van der Waals surface area contributed by atoms with E-state index in [9.17, 15) is 14.7 Å². The summed E-state index contributed by atoms with van der Waals surface area (Å²) in [6.45, 7) is 3.63. The topological polar surface area (TPSA) is 66.8 Å². The number of hydrogen-bond acceptors (Lipinski definition) is 4. The first-order valence-electron chi connectivity index (χ1n) is 9.87. The minimum Gasteiger partial charge on any atom is -0.481 e. The molecule has 1 N–H and O–H groups in total.